The Kier molecular flexibility index (Phi) is 9.85. The van der Waals surface area contributed by atoms with Crippen molar-refractivity contribution in [3.8, 4) is 0 Å². The summed E-state index contributed by atoms with van der Waals surface area (Å²) >= 11 is 0. The molecule has 0 amide bonds. The molecule has 0 fully saturated rings. The van der Waals surface area contributed by atoms with Crippen LogP contribution in [0, 0.1) is 0 Å². The van der Waals surface area contributed by atoms with Crippen molar-refractivity contribution in [1.29, 1.82) is 0 Å². The van der Waals surface area contributed by atoms with Gasteiger partial charge in [-0.1, -0.05) is 0 Å². The third-order valence-corrected chi connectivity index (χ3v) is 3.41. The van der Waals surface area contributed by atoms with Crippen LogP contribution in [0.5, 0.6) is 0 Å². The summed E-state index contributed by atoms with van der Waals surface area (Å²) in [5, 5.41) is 16.7. The lowest BCUT2D eigenvalue weighted by Gasteiger charge is -2.18. The van der Waals surface area contributed by atoms with Crippen molar-refractivity contribution >= 4 is 6.16 Å². The molecule has 0 N–H and O–H groups in total. The first-order chi connectivity index (χ1) is 15.0. The van der Waals surface area contributed by atoms with Gasteiger partial charge in [0, 0.05) is 0 Å². The zero-order valence-corrected chi connectivity index (χ0v) is 16.7. The molecule has 2 aromatic rings. The molecule has 0 aliphatic carbocycles. The van der Waals surface area contributed by atoms with Crippen LogP contribution in [0.3, 0.4) is 0 Å². The molecule has 0 aliphatic rings. The molecule has 2 unspecified atom stereocenters. The Morgan fingerprint density at radius 2 is 0.941 bits per heavy atom. The molecule has 2 aromatic heterocycles. The number of imidazole rings is 2. The first kappa shape index (κ1) is 30.9. The van der Waals surface area contributed by atoms with Gasteiger partial charge in [0.05, 0.1) is 14.1 Å². The average Bonchev–Trinajstić information content (AvgIpc) is 3.28. The molecule has 0 saturated carbocycles. The lowest BCUT2D eigenvalue weighted by molar-refractivity contribution is -0.671. The van der Waals surface area contributed by atoms with Gasteiger partial charge in [0.25, 0.3) is 0 Å². The van der Waals surface area contributed by atoms with Gasteiger partial charge in [0.1, 0.15) is 24.8 Å². The monoisotopic (exact) mass is 526 g/mol. The Balaban J connectivity index is 0.000000554. The largest absolute Gasteiger partial charge is 0.652 e. The van der Waals surface area contributed by atoms with Crippen LogP contribution in [0.4, 0.5) is 57.5 Å². The average molecular weight is 526 g/mol. The van der Waals surface area contributed by atoms with Crippen molar-refractivity contribution in [2.45, 2.75) is 36.8 Å². The molecular formula is C15H14F12N4O3. The molecule has 34 heavy (non-hydrogen) atoms. The third kappa shape index (κ3) is 8.65. The van der Waals surface area contributed by atoms with E-state index in [0.29, 0.717) is 25.0 Å². The van der Waals surface area contributed by atoms with Crippen molar-refractivity contribution in [1.82, 2.24) is 9.13 Å². The summed E-state index contributed by atoms with van der Waals surface area (Å²) in [6.07, 6.45) is -17.1. The zero-order valence-electron chi connectivity index (χ0n) is 16.7. The maximum absolute atomic E-state index is 12.9. The minimum absolute atomic E-state index is 0.120. The highest BCUT2D eigenvalue weighted by atomic mass is 19.4. The first-order valence-corrected chi connectivity index (χ1v) is 8.17. The number of carbonyl (C=O) groups is 1. The second-order valence-corrected chi connectivity index (χ2v) is 6.21. The van der Waals surface area contributed by atoms with E-state index in [9.17, 15) is 52.7 Å². The Labute approximate surface area is 181 Å². The number of nitrogens with zero attached hydrogens (tertiary/aromatic N) is 4. The molecule has 19 heteroatoms. The van der Waals surface area contributed by atoms with Gasteiger partial charge in [-0.2, -0.15) is 53.0 Å². The van der Waals surface area contributed by atoms with Gasteiger partial charge in [0.15, 0.2) is 0 Å². The lowest BCUT2D eigenvalue weighted by Crippen LogP contribution is -2.43. The molecule has 0 bridgehead atoms. The van der Waals surface area contributed by atoms with E-state index >= 15 is 0 Å². The topological polar surface area (TPSA) is 80.8 Å². The van der Waals surface area contributed by atoms with E-state index in [2.05, 4.69) is 0 Å². The fourth-order valence-electron chi connectivity index (χ4n) is 1.91. The Morgan fingerprint density at radius 3 is 1.09 bits per heavy atom. The standard InChI is InChI=1S/2C7H7F6N2.CH2O3/c2*1-14-2-3-15(4-14)7(12,13)5(8)6(9,10)11;2-1(3)4/h2*2-5H,1H3;(H2,2,3,4)/q2*+1;/p-2. The van der Waals surface area contributed by atoms with Gasteiger partial charge in [-0.15, -0.1) is 0 Å². The van der Waals surface area contributed by atoms with Crippen LogP contribution in [0.1, 0.15) is 0 Å². The Morgan fingerprint density at radius 1 is 0.706 bits per heavy atom. The smallest absolute Gasteiger partial charge is 0.437 e. The summed E-state index contributed by atoms with van der Waals surface area (Å²) in [4.78, 5) is 8.33. The van der Waals surface area contributed by atoms with Crippen LogP contribution in [0.15, 0.2) is 37.4 Å². The van der Waals surface area contributed by atoms with Gasteiger partial charge in [0.2, 0.25) is 12.7 Å². The second-order valence-electron chi connectivity index (χ2n) is 6.21. The van der Waals surface area contributed by atoms with Crippen LogP contribution in [-0.2, 0) is 26.2 Å². The van der Waals surface area contributed by atoms with Gasteiger partial charge in [-0.05, 0) is 6.16 Å². The maximum Gasteiger partial charge on any atom is 0.437 e. The van der Waals surface area contributed by atoms with Gasteiger partial charge in [-0.25, -0.2) is 17.9 Å². The molecule has 196 valence electrons. The molecule has 2 atom stereocenters. The van der Waals surface area contributed by atoms with E-state index in [1.165, 1.54) is 14.1 Å². The van der Waals surface area contributed by atoms with Crippen molar-refractivity contribution < 1.29 is 76.8 Å². The number of hydrogen-bond donors (Lipinski definition) is 0. The molecule has 0 aliphatic heterocycles. The summed E-state index contributed by atoms with van der Waals surface area (Å²) in [6, 6.07) is -9.28. The number of carboxylic acid groups (broad SMARTS) is 2. The number of halogens is 12. The van der Waals surface area contributed by atoms with Crippen LogP contribution < -0.4 is 19.3 Å². The van der Waals surface area contributed by atoms with Crippen molar-refractivity contribution in [3.63, 3.8) is 0 Å². The molecular weight excluding hydrogens is 512 g/mol. The lowest BCUT2D eigenvalue weighted by atomic mass is 10.3. The number of aryl methyl sites for hydroxylation is 2. The van der Waals surface area contributed by atoms with E-state index < -0.39 is 42.9 Å². The summed E-state index contributed by atoms with van der Waals surface area (Å²) in [7, 11) is 2.65. The maximum atomic E-state index is 12.9. The number of carbonyl (C=O) groups excluding carboxylic acids is 1. The van der Waals surface area contributed by atoms with E-state index in [1.54, 1.807) is 0 Å². The van der Waals surface area contributed by atoms with E-state index in [0.717, 1.165) is 21.5 Å². The highest BCUT2D eigenvalue weighted by Crippen LogP contribution is 2.38. The Hall–Kier alpha value is -3.15. The SMILES string of the molecule is C[n+]1ccn(C(F)(F)C(F)C(F)(F)F)c1.C[n+]1ccn(C(F)(F)C(F)C(F)(F)F)c1.O=C([O-])[O-]. The molecule has 0 saturated heterocycles. The van der Waals surface area contributed by atoms with Gasteiger partial charge >= 0.3 is 36.8 Å². The fraction of sp³-hybridized carbons (Fsp3) is 0.533. The fourth-order valence-corrected chi connectivity index (χ4v) is 1.91. The van der Waals surface area contributed by atoms with Crippen LogP contribution in [-0.4, -0.2) is 40.0 Å². The van der Waals surface area contributed by atoms with Crippen LogP contribution in [0.2, 0.25) is 0 Å². The normalized spacial score (nSPS) is 14.3. The highest BCUT2D eigenvalue weighted by Gasteiger charge is 2.62. The Bertz CT molecular complexity index is 850. The van der Waals surface area contributed by atoms with E-state index in [1.807, 2.05) is 0 Å². The zero-order chi connectivity index (χ0) is 27.3. The predicted molar refractivity (Wildman–Crippen MR) is 78.9 cm³/mol. The van der Waals surface area contributed by atoms with E-state index in [4.69, 9.17) is 15.0 Å². The number of alkyl halides is 12. The third-order valence-electron chi connectivity index (χ3n) is 3.41. The number of hydrogen-bond acceptors (Lipinski definition) is 3. The predicted octanol–water partition coefficient (Wildman–Crippen LogP) is 1.08. The van der Waals surface area contributed by atoms with Crippen molar-refractivity contribution in [3.05, 3.63) is 37.4 Å². The van der Waals surface area contributed by atoms with Gasteiger partial charge < -0.3 is 15.0 Å². The summed E-state index contributed by atoms with van der Waals surface area (Å²) in [5.41, 5.74) is 0. The molecule has 0 aromatic carbocycles. The molecule has 0 radical (unpaired) electrons. The van der Waals surface area contributed by atoms with Crippen LogP contribution in [0.25, 0.3) is 0 Å². The van der Waals surface area contributed by atoms with Crippen molar-refractivity contribution in [2.75, 3.05) is 0 Å². The molecule has 7 nitrogen and oxygen atoms in total. The molecule has 2 rings (SSSR count). The molecule has 2 heterocycles. The highest BCUT2D eigenvalue weighted by molar-refractivity contribution is 5.47. The summed E-state index contributed by atoms with van der Waals surface area (Å²) in [5.74, 6) is 0. The number of aromatic nitrogens is 4. The van der Waals surface area contributed by atoms with E-state index in [-0.39, 0.29) is 9.13 Å². The van der Waals surface area contributed by atoms with Gasteiger partial charge in [-0.3, -0.25) is 0 Å². The minimum Gasteiger partial charge on any atom is -0.652 e. The van der Waals surface area contributed by atoms with Crippen molar-refractivity contribution in [2.24, 2.45) is 14.1 Å². The quantitative estimate of drug-likeness (QED) is 0.442. The minimum atomic E-state index is -5.59. The first-order valence-electron chi connectivity index (χ1n) is 8.17. The summed E-state index contributed by atoms with van der Waals surface area (Å²) in [6.45, 7) is 0. The molecule has 0 spiro atoms. The summed E-state index contributed by atoms with van der Waals surface area (Å²) < 4.78 is 149. The van der Waals surface area contributed by atoms with Crippen LogP contribution >= 0.6 is 0 Å². The number of rotatable bonds is 4. The second kappa shape index (κ2) is 10.9.